The van der Waals surface area contributed by atoms with E-state index in [2.05, 4.69) is 85.8 Å². The van der Waals surface area contributed by atoms with Crippen molar-refractivity contribution in [3.8, 4) is 22.5 Å². The van der Waals surface area contributed by atoms with Crippen LogP contribution in [0.4, 0.5) is 0 Å². The highest BCUT2D eigenvalue weighted by Crippen LogP contribution is 2.31. The van der Waals surface area contributed by atoms with Crippen molar-refractivity contribution in [3.05, 3.63) is 108 Å². The van der Waals surface area contributed by atoms with Crippen LogP contribution in [0, 0.1) is 20.8 Å². The van der Waals surface area contributed by atoms with Gasteiger partial charge < -0.3 is 0 Å². The zero-order valence-corrected chi connectivity index (χ0v) is 20.9. The van der Waals surface area contributed by atoms with Crippen LogP contribution in [-0.4, -0.2) is 19.9 Å². The lowest BCUT2D eigenvalue weighted by Crippen LogP contribution is -1.93. The maximum Gasteiger partial charge on any atom is 0.0972 e. The molecule has 0 saturated carbocycles. The zero-order chi connectivity index (χ0) is 25.1. The summed E-state index contributed by atoms with van der Waals surface area (Å²) in [6, 6.07) is 31.7. The quantitative estimate of drug-likeness (QED) is 0.236. The largest absolute Gasteiger partial charge is 0.251 e. The first-order valence-corrected chi connectivity index (χ1v) is 12.5. The van der Waals surface area contributed by atoms with Gasteiger partial charge in [0, 0.05) is 44.1 Å². The SMILES string of the molecule is Cc1ccc2ccc3ccc(-c4ccc(-c5ccc6ccc7ccc(C)nc7c6n5)c(C)c4)nc3c2n1. The molecule has 4 heterocycles. The molecule has 0 aliphatic rings. The van der Waals surface area contributed by atoms with Crippen molar-refractivity contribution >= 4 is 43.6 Å². The van der Waals surface area contributed by atoms with Gasteiger partial charge in [0.1, 0.15) is 0 Å². The number of aromatic nitrogens is 4. The summed E-state index contributed by atoms with van der Waals surface area (Å²) in [6.45, 7) is 6.18. The first-order valence-electron chi connectivity index (χ1n) is 12.5. The molecule has 7 aromatic rings. The van der Waals surface area contributed by atoms with Gasteiger partial charge in [-0.25, -0.2) is 9.97 Å². The van der Waals surface area contributed by atoms with Crippen molar-refractivity contribution in [2.45, 2.75) is 20.8 Å². The summed E-state index contributed by atoms with van der Waals surface area (Å²) in [4.78, 5) is 19.7. The molecule has 4 aromatic heterocycles. The van der Waals surface area contributed by atoms with E-state index in [-0.39, 0.29) is 0 Å². The van der Waals surface area contributed by atoms with E-state index in [1.807, 2.05) is 26.0 Å². The fourth-order valence-electron chi connectivity index (χ4n) is 5.15. The number of rotatable bonds is 2. The third kappa shape index (κ3) is 3.61. The molecular formula is C33H24N4. The number of fused-ring (bicyclic) bond motifs is 6. The smallest absolute Gasteiger partial charge is 0.0972 e. The summed E-state index contributed by atoms with van der Waals surface area (Å²) >= 11 is 0. The minimum atomic E-state index is 0.936. The van der Waals surface area contributed by atoms with Crippen LogP contribution in [0.15, 0.2) is 91.0 Å². The number of nitrogens with zero attached hydrogens (tertiary/aromatic N) is 4. The maximum atomic E-state index is 5.07. The fraction of sp³-hybridized carbons (Fsp3) is 0.0909. The lowest BCUT2D eigenvalue weighted by molar-refractivity contribution is 1.25. The van der Waals surface area contributed by atoms with Gasteiger partial charge in [-0.15, -0.1) is 0 Å². The van der Waals surface area contributed by atoms with E-state index in [1.165, 1.54) is 0 Å². The Balaban J connectivity index is 1.34. The fourth-order valence-corrected chi connectivity index (χ4v) is 5.15. The van der Waals surface area contributed by atoms with Gasteiger partial charge in [-0.2, -0.15) is 0 Å². The second kappa shape index (κ2) is 8.17. The number of hydrogen-bond acceptors (Lipinski definition) is 4. The summed E-state index contributed by atoms with van der Waals surface area (Å²) in [5.74, 6) is 0. The molecule has 0 saturated heterocycles. The predicted molar refractivity (Wildman–Crippen MR) is 153 cm³/mol. The summed E-state index contributed by atoms with van der Waals surface area (Å²) in [6.07, 6.45) is 0. The van der Waals surface area contributed by atoms with Crippen molar-refractivity contribution in [1.29, 1.82) is 0 Å². The summed E-state index contributed by atoms with van der Waals surface area (Å²) in [7, 11) is 0. The van der Waals surface area contributed by atoms with Crippen molar-refractivity contribution in [1.82, 2.24) is 19.9 Å². The predicted octanol–water partition coefficient (Wildman–Crippen LogP) is 8.14. The van der Waals surface area contributed by atoms with Gasteiger partial charge in [0.2, 0.25) is 0 Å². The number of benzene rings is 3. The van der Waals surface area contributed by atoms with Crippen molar-refractivity contribution in [2.75, 3.05) is 0 Å². The van der Waals surface area contributed by atoms with Crippen LogP contribution >= 0.6 is 0 Å². The molecule has 0 spiro atoms. The molecule has 4 nitrogen and oxygen atoms in total. The lowest BCUT2D eigenvalue weighted by Gasteiger charge is -2.11. The monoisotopic (exact) mass is 476 g/mol. The highest BCUT2D eigenvalue weighted by molar-refractivity contribution is 6.04. The average Bonchev–Trinajstić information content (AvgIpc) is 2.92. The van der Waals surface area contributed by atoms with Crippen LogP contribution in [0.3, 0.4) is 0 Å². The van der Waals surface area contributed by atoms with E-state index in [4.69, 9.17) is 19.9 Å². The molecule has 0 amide bonds. The Morgan fingerprint density at radius 1 is 0.405 bits per heavy atom. The summed E-state index contributed by atoms with van der Waals surface area (Å²) in [5.41, 5.74) is 11.0. The van der Waals surface area contributed by atoms with Gasteiger partial charge in [-0.05, 0) is 56.7 Å². The average molecular weight is 477 g/mol. The van der Waals surface area contributed by atoms with E-state index < -0.39 is 0 Å². The Morgan fingerprint density at radius 3 is 1.38 bits per heavy atom. The molecule has 0 radical (unpaired) electrons. The van der Waals surface area contributed by atoms with Crippen LogP contribution in [-0.2, 0) is 0 Å². The Hall–Kier alpha value is -4.70. The molecule has 176 valence electrons. The van der Waals surface area contributed by atoms with Crippen LogP contribution in [0.1, 0.15) is 17.0 Å². The van der Waals surface area contributed by atoms with Gasteiger partial charge in [0.25, 0.3) is 0 Å². The Morgan fingerprint density at radius 2 is 0.838 bits per heavy atom. The molecular weight excluding hydrogens is 452 g/mol. The van der Waals surface area contributed by atoms with Crippen molar-refractivity contribution < 1.29 is 0 Å². The lowest BCUT2D eigenvalue weighted by atomic mass is 9.99. The second-order valence-corrected chi connectivity index (χ2v) is 9.75. The minimum Gasteiger partial charge on any atom is -0.251 e. The number of aryl methyl sites for hydroxylation is 3. The van der Waals surface area contributed by atoms with Crippen LogP contribution in [0.5, 0.6) is 0 Å². The van der Waals surface area contributed by atoms with E-state index in [0.29, 0.717) is 0 Å². The summed E-state index contributed by atoms with van der Waals surface area (Å²) < 4.78 is 0. The van der Waals surface area contributed by atoms with Crippen molar-refractivity contribution in [2.24, 2.45) is 0 Å². The van der Waals surface area contributed by atoms with E-state index in [1.54, 1.807) is 0 Å². The molecule has 3 aromatic carbocycles. The maximum absolute atomic E-state index is 5.07. The van der Waals surface area contributed by atoms with Gasteiger partial charge in [0.05, 0.1) is 33.5 Å². The first-order chi connectivity index (χ1) is 18.0. The van der Waals surface area contributed by atoms with E-state index >= 15 is 0 Å². The standard InChI is InChI=1S/C33H24N4/c1-19-18-26(28-16-13-24-10-8-22-6-4-20(2)34-30(22)32(24)36-28)12-15-27(19)29-17-14-25-11-9-23-7-5-21(3)35-31(23)33(25)37-29/h4-18H,1-3H3. The van der Waals surface area contributed by atoms with Gasteiger partial charge >= 0.3 is 0 Å². The molecule has 0 unspecified atom stereocenters. The molecule has 7 rings (SSSR count). The minimum absolute atomic E-state index is 0.936. The molecule has 0 bridgehead atoms. The first kappa shape index (κ1) is 21.6. The summed E-state index contributed by atoms with van der Waals surface area (Å²) in [5, 5.41) is 4.41. The Bertz CT molecular complexity index is 2020. The molecule has 0 aliphatic carbocycles. The van der Waals surface area contributed by atoms with Crippen molar-refractivity contribution in [3.63, 3.8) is 0 Å². The third-order valence-electron chi connectivity index (χ3n) is 7.12. The van der Waals surface area contributed by atoms with Crippen LogP contribution in [0.25, 0.3) is 66.1 Å². The second-order valence-electron chi connectivity index (χ2n) is 9.75. The molecule has 0 fully saturated rings. The topological polar surface area (TPSA) is 51.6 Å². The van der Waals surface area contributed by atoms with Crippen LogP contribution in [0.2, 0.25) is 0 Å². The molecule has 0 N–H and O–H groups in total. The highest BCUT2D eigenvalue weighted by Gasteiger charge is 2.11. The zero-order valence-electron chi connectivity index (χ0n) is 20.9. The normalized spacial score (nSPS) is 11.6. The molecule has 0 aliphatic heterocycles. The molecule has 4 heteroatoms. The molecule has 37 heavy (non-hydrogen) atoms. The number of pyridine rings is 4. The van der Waals surface area contributed by atoms with E-state index in [9.17, 15) is 0 Å². The van der Waals surface area contributed by atoms with Gasteiger partial charge in [-0.3, -0.25) is 9.97 Å². The van der Waals surface area contributed by atoms with Gasteiger partial charge in [-0.1, -0.05) is 60.7 Å². The Kier molecular flexibility index (Phi) is 4.76. The Labute approximate surface area is 214 Å². The van der Waals surface area contributed by atoms with Gasteiger partial charge in [0.15, 0.2) is 0 Å². The van der Waals surface area contributed by atoms with E-state index in [0.717, 1.165) is 83.1 Å². The molecule has 0 atom stereocenters. The van der Waals surface area contributed by atoms with Crippen LogP contribution < -0.4 is 0 Å². The third-order valence-corrected chi connectivity index (χ3v) is 7.12. The highest BCUT2D eigenvalue weighted by atomic mass is 14.8. The number of hydrogen-bond donors (Lipinski definition) is 0.